The molecule has 1 unspecified atom stereocenters. The number of halogens is 2. The fraction of sp³-hybridized carbons (Fsp3) is 0.455. The fourth-order valence-electron chi connectivity index (χ4n) is 1.89. The molecule has 0 aromatic heterocycles. The Bertz CT molecular complexity index is 530. The number of hydrogen-bond donors (Lipinski definition) is 2. The zero-order valence-electron chi connectivity index (χ0n) is 9.62. The molecule has 1 fully saturated rings. The SMILES string of the molecule is O=S(=O)(Nc1ccc(F)cc1Br)C1CCCNC1. The zero-order valence-corrected chi connectivity index (χ0v) is 12.0. The van der Waals surface area contributed by atoms with Crippen molar-refractivity contribution in [1.29, 1.82) is 0 Å². The molecule has 1 aromatic rings. The Morgan fingerprint density at radius 2 is 2.22 bits per heavy atom. The van der Waals surface area contributed by atoms with Crippen molar-refractivity contribution in [3.8, 4) is 0 Å². The van der Waals surface area contributed by atoms with E-state index in [1.165, 1.54) is 18.2 Å². The lowest BCUT2D eigenvalue weighted by Gasteiger charge is -2.23. The maximum atomic E-state index is 12.9. The van der Waals surface area contributed by atoms with Crippen LogP contribution in [0.25, 0.3) is 0 Å². The summed E-state index contributed by atoms with van der Waals surface area (Å²) in [6, 6.07) is 3.87. The third-order valence-electron chi connectivity index (χ3n) is 2.87. The van der Waals surface area contributed by atoms with Gasteiger partial charge >= 0.3 is 0 Å². The molecule has 0 spiro atoms. The average Bonchev–Trinajstić information content (AvgIpc) is 2.34. The Hall–Kier alpha value is -0.660. The molecule has 0 bridgehead atoms. The van der Waals surface area contributed by atoms with Crippen molar-refractivity contribution >= 4 is 31.6 Å². The number of sulfonamides is 1. The standard InChI is InChI=1S/C11H14BrFN2O2S/c12-10-6-8(13)3-4-11(10)15-18(16,17)9-2-1-5-14-7-9/h3-4,6,9,14-15H,1-2,5,7H2. The predicted molar refractivity (Wildman–Crippen MR) is 72.5 cm³/mol. The predicted octanol–water partition coefficient (Wildman–Crippen LogP) is 2.08. The van der Waals surface area contributed by atoms with Gasteiger partial charge in [0.2, 0.25) is 10.0 Å². The van der Waals surface area contributed by atoms with Gasteiger partial charge in [-0.05, 0) is 53.5 Å². The Balaban J connectivity index is 2.16. The molecule has 7 heteroatoms. The summed E-state index contributed by atoms with van der Waals surface area (Å²) in [4.78, 5) is 0. The third kappa shape index (κ3) is 3.21. The topological polar surface area (TPSA) is 58.2 Å². The summed E-state index contributed by atoms with van der Waals surface area (Å²) in [5.41, 5.74) is 0.363. The molecule has 4 nitrogen and oxygen atoms in total. The maximum Gasteiger partial charge on any atom is 0.236 e. The van der Waals surface area contributed by atoms with E-state index in [-0.39, 0.29) is 0 Å². The van der Waals surface area contributed by atoms with E-state index in [1.54, 1.807) is 0 Å². The van der Waals surface area contributed by atoms with E-state index < -0.39 is 21.1 Å². The smallest absolute Gasteiger partial charge is 0.236 e. The van der Waals surface area contributed by atoms with Crippen LogP contribution in [0.5, 0.6) is 0 Å². The molecule has 2 rings (SSSR count). The Kier molecular flexibility index (Phi) is 4.24. The fourth-order valence-corrected chi connectivity index (χ4v) is 3.94. The van der Waals surface area contributed by atoms with Gasteiger partial charge in [0, 0.05) is 11.0 Å². The summed E-state index contributed by atoms with van der Waals surface area (Å²) in [5, 5.41) is 2.62. The van der Waals surface area contributed by atoms with E-state index in [9.17, 15) is 12.8 Å². The van der Waals surface area contributed by atoms with Crippen LogP contribution in [-0.4, -0.2) is 26.8 Å². The highest BCUT2D eigenvalue weighted by atomic mass is 79.9. The molecule has 0 aliphatic carbocycles. The molecule has 1 aromatic carbocycles. The van der Waals surface area contributed by atoms with E-state index in [0.29, 0.717) is 23.1 Å². The molecule has 0 saturated carbocycles. The van der Waals surface area contributed by atoms with Crippen LogP contribution in [0.1, 0.15) is 12.8 Å². The van der Waals surface area contributed by atoms with E-state index in [1.807, 2.05) is 0 Å². The number of piperidine rings is 1. The first-order valence-electron chi connectivity index (χ1n) is 5.66. The van der Waals surface area contributed by atoms with Gasteiger partial charge in [-0.2, -0.15) is 0 Å². The second-order valence-electron chi connectivity index (χ2n) is 4.24. The highest BCUT2D eigenvalue weighted by Crippen LogP contribution is 2.25. The lowest BCUT2D eigenvalue weighted by molar-refractivity contribution is 0.499. The van der Waals surface area contributed by atoms with Crippen molar-refractivity contribution in [3.05, 3.63) is 28.5 Å². The molecule has 0 radical (unpaired) electrons. The van der Waals surface area contributed by atoms with E-state index in [4.69, 9.17) is 0 Å². The van der Waals surface area contributed by atoms with Gasteiger partial charge < -0.3 is 5.32 Å². The number of nitrogens with one attached hydrogen (secondary N) is 2. The van der Waals surface area contributed by atoms with Gasteiger partial charge in [-0.1, -0.05) is 0 Å². The monoisotopic (exact) mass is 336 g/mol. The van der Waals surface area contributed by atoms with Crippen molar-refractivity contribution in [2.45, 2.75) is 18.1 Å². The largest absolute Gasteiger partial charge is 0.315 e. The van der Waals surface area contributed by atoms with Crippen molar-refractivity contribution in [3.63, 3.8) is 0 Å². The summed E-state index contributed by atoms with van der Waals surface area (Å²) < 4.78 is 40.1. The molecule has 100 valence electrons. The molecule has 1 aliphatic rings. The van der Waals surface area contributed by atoms with Gasteiger partial charge in [0.25, 0.3) is 0 Å². The van der Waals surface area contributed by atoms with Crippen LogP contribution in [-0.2, 0) is 10.0 Å². The number of anilines is 1. The highest BCUT2D eigenvalue weighted by Gasteiger charge is 2.27. The van der Waals surface area contributed by atoms with Crippen molar-refractivity contribution in [2.24, 2.45) is 0 Å². The van der Waals surface area contributed by atoms with Crippen LogP contribution in [0, 0.1) is 5.82 Å². The summed E-state index contributed by atoms with van der Waals surface area (Å²) in [6.07, 6.45) is 1.48. The first-order chi connectivity index (χ1) is 8.49. The minimum Gasteiger partial charge on any atom is -0.315 e. The van der Waals surface area contributed by atoms with Crippen LogP contribution < -0.4 is 10.0 Å². The normalized spacial score (nSPS) is 20.7. The first-order valence-corrected chi connectivity index (χ1v) is 8.00. The minimum atomic E-state index is -3.44. The van der Waals surface area contributed by atoms with Gasteiger partial charge in [-0.3, -0.25) is 4.72 Å². The van der Waals surface area contributed by atoms with Gasteiger partial charge in [-0.15, -0.1) is 0 Å². The van der Waals surface area contributed by atoms with Crippen LogP contribution in [0.15, 0.2) is 22.7 Å². The van der Waals surface area contributed by atoms with Gasteiger partial charge in [0.15, 0.2) is 0 Å². The molecular weight excluding hydrogens is 323 g/mol. The average molecular weight is 337 g/mol. The zero-order chi connectivity index (χ0) is 13.2. The third-order valence-corrected chi connectivity index (χ3v) is 5.31. The molecule has 2 N–H and O–H groups in total. The highest BCUT2D eigenvalue weighted by molar-refractivity contribution is 9.10. The first kappa shape index (κ1) is 13.8. The van der Waals surface area contributed by atoms with Gasteiger partial charge in [0.05, 0.1) is 10.9 Å². The quantitative estimate of drug-likeness (QED) is 0.888. The lowest BCUT2D eigenvalue weighted by Crippen LogP contribution is -2.41. The number of benzene rings is 1. The molecule has 1 heterocycles. The summed E-state index contributed by atoms with van der Waals surface area (Å²) in [6.45, 7) is 1.31. The number of rotatable bonds is 3. The Morgan fingerprint density at radius 3 is 2.83 bits per heavy atom. The molecule has 1 atom stereocenters. The second kappa shape index (κ2) is 5.54. The molecule has 18 heavy (non-hydrogen) atoms. The van der Waals surface area contributed by atoms with E-state index in [0.717, 1.165) is 13.0 Å². The van der Waals surface area contributed by atoms with Crippen molar-refractivity contribution in [1.82, 2.24) is 5.32 Å². The molecule has 1 saturated heterocycles. The molecule has 1 aliphatic heterocycles. The van der Waals surface area contributed by atoms with E-state index in [2.05, 4.69) is 26.0 Å². The van der Waals surface area contributed by atoms with Crippen molar-refractivity contribution in [2.75, 3.05) is 17.8 Å². The minimum absolute atomic E-state index is 0.363. The maximum absolute atomic E-state index is 12.9. The van der Waals surface area contributed by atoms with Gasteiger partial charge in [0.1, 0.15) is 5.82 Å². The Labute approximate surface area is 114 Å². The number of hydrogen-bond acceptors (Lipinski definition) is 3. The summed E-state index contributed by atoms with van der Waals surface area (Å²) in [7, 11) is -3.44. The second-order valence-corrected chi connectivity index (χ2v) is 7.05. The molecule has 0 amide bonds. The van der Waals surface area contributed by atoms with E-state index >= 15 is 0 Å². The molecular formula is C11H14BrFN2O2S. The Morgan fingerprint density at radius 1 is 1.44 bits per heavy atom. The lowest BCUT2D eigenvalue weighted by atomic mass is 10.2. The van der Waals surface area contributed by atoms with Gasteiger partial charge in [-0.25, -0.2) is 12.8 Å². The van der Waals surface area contributed by atoms with Crippen molar-refractivity contribution < 1.29 is 12.8 Å². The van der Waals surface area contributed by atoms with Crippen LogP contribution in [0.3, 0.4) is 0 Å². The van der Waals surface area contributed by atoms with Crippen LogP contribution >= 0.6 is 15.9 Å². The summed E-state index contributed by atoms with van der Waals surface area (Å²) >= 11 is 3.14. The van der Waals surface area contributed by atoms with Crippen LogP contribution in [0.4, 0.5) is 10.1 Å². The summed E-state index contributed by atoms with van der Waals surface area (Å²) in [5.74, 6) is -0.413. The van der Waals surface area contributed by atoms with Crippen LogP contribution in [0.2, 0.25) is 0 Å².